The quantitative estimate of drug-likeness (QED) is 0.634. The summed E-state index contributed by atoms with van der Waals surface area (Å²) in [5.41, 5.74) is 1.10. The Kier molecular flexibility index (Phi) is 5.23. The number of aliphatic hydroxyl groups is 1. The first-order chi connectivity index (χ1) is 8.14. The molecule has 1 rings (SSSR count). The summed E-state index contributed by atoms with van der Waals surface area (Å²) in [5.74, 6) is 0. The predicted molar refractivity (Wildman–Crippen MR) is 60.7 cm³/mol. The van der Waals surface area contributed by atoms with Crippen molar-refractivity contribution in [2.24, 2.45) is 0 Å². The van der Waals surface area contributed by atoms with Crippen molar-refractivity contribution >= 4 is 0 Å². The van der Waals surface area contributed by atoms with Crippen LogP contribution in [0.2, 0.25) is 0 Å². The van der Waals surface area contributed by atoms with Gasteiger partial charge in [-0.25, -0.2) is 0 Å². The van der Waals surface area contributed by atoms with Crippen molar-refractivity contribution in [1.29, 1.82) is 0 Å². The molecule has 0 radical (unpaired) electrons. The predicted octanol–water partition coefficient (Wildman–Crippen LogP) is 1.18. The lowest BCUT2D eigenvalue weighted by atomic mass is 10.2. The average Bonchev–Trinajstić information content (AvgIpc) is 2.30. The van der Waals surface area contributed by atoms with Crippen LogP contribution in [-0.2, 0) is 11.3 Å². The molecule has 1 aromatic carbocycles. The highest BCUT2D eigenvalue weighted by molar-refractivity contribution is 5.13. The first kappa shape index (κ1) is 9.33. The molecule has 0 unspecified atom stereocenters. The fraction of sp³-hybridized carbons (Fsp3) is 0.500. The lowest BCUT2D eigenvalue weighted by molar-refractivity contribution is 0.122. The van der Waals surface area contributed by atoms with Crippen molar-refractivity contribution in [2.45, 2.75) is 13.0 Å². The third-order valence-corrected chi connectivity index (χ3v) is 1.84. The van der Waals surface area contributed by atoms with Gasteiger partial charge in [-0.05, 0) is 18.5 Å². The molecule has 0 aromatic heterocycles. The number of benzene rings is 1. The summed E-state index contributed by atoms with van der Waals surface area (Å²) < 4.78 is 20.3. The van der Waals surface area contributed by atoms with Crippen molar-refractivity contribution < 1.29 is 12.6 Å². The summed E-state index contributed by atoms with van der Waals surface area (Å²) in [6.45, 7) is -0.277. The molecule has 2 N–H and O–H groups in total. The first-order valence-electron chi connectivity index (χ1n) is 6.11. The van der Waals surface area contributed by atoms with Crippen LogP contribution in [0.3, 0.4) is 0 Å². The summed E-state index contributed by atoms with van der Waals surface area (Å²) in [4.78, 5) is 0. The molecule has 0 bridgehead atoms. The zero-order valence-corrected chi connectivity index (χ0v) is 8.78. The molecule has 0 saturated carbocycles. The minimum Gasteiger partial charge on any atom is -0.396 e. The number of aliphatic hydroxyl groups excluding tert-OH is 1. The third kappa shape index (κ3) is 6.23. The maximum Gasteiger partial charge on any atom is 0.0717 e. The molecular formula is C12H19NO2. The first-order valence-corrected chi connectivity index (χ1v) is 5.11. The van der Waals surface area contributed by atoms with E-state index in [2.05, 4.69) is 5.32 Å². The zero-order valence-electron chi connectivity index (χ0n) is 10.8. The van der Waals surface area contributed by atoms with Crippen LogP contribution in [0.1, 0.15) is 14.7 Å². The van der Waals surface area contributed by atoms with Crippen LogP contribution in [0.15, 0.2) is 30.3 Å². The van der Waals surface area contributed by atoms with E-state index >= 15 is 0 Å². The lowest BCUT2D eigenvalue weighted by Crippen LogP contribution is -2.21. The normalized spacial score (nSPS) is 13.4. The van der Waals surface area contributed by atoms with Gasteiger partial charge in [0.15, 0.2) is 0 Å². The van der Waals surface area contributed by atoms with Crippen LogP contribution < -0.4 is 5.32 Å². The summed E-state index contributed by atoms with van der Waals surface area (Å²) in [7, 11) is 0. The highest BCUT2D eigenvalue weighted by Crippen LogP contribution is 1.99. The molecule has 15 heavy (non-hydrogen) atoms. The maximum absolute atomic E-state index is 8.64. The Hall–Kier alpha value is -0.900. The molecule has 3 heteroatoms. The van der Waals surface area contributed by atoms with Crippen molar-refractivity contribution in [1.82, 2.24) is 5.32 Å². The minimum absolute atomic E-state index is 0.0890. The minimum atomic E-state index is -1.52. The summed E-state index contributed by atoms with van der Waals surface area (Å²) in [6, 6.07) is 9.83. The fourth-order valence-electron chi connectivity index (χ4n) is 1.12. The van der Waals surface area contributed by atoms with E-state index in [4.69, 9.17) is 12.6 Å². The number of rotatable bonds is 8. The smallest absolute Gasteiger partial charge is 0.0717 e. The summed E-state index contributed by atoms with van der Waals surface area (Å²) in [6.07, 6.45) is 0.0890. The van der Waals surface area contributed by atoms with Crippen LogP contribution in [-0.4, -0.2) is 31.4 Å². The van der Waals surface area contributed by atoms with Crippen LogP contribution in [0, 0.1) is 0 Å². The second-order valence-corrected chi connectivity index (χ2v) is 3.12. The van der Waals surface area contributed by atoms with Crippen molar-refractivity contribution in [3.8, 4) is 0 Å². The largest absolute Gasteiger partial charge is 0.396 e. The third-order valence-electron chi connectivity index (χ3n) is 1.84. The van der Waals surface area contributed by atoms with Crippen LogP contribution in [0.25, 0.3) is 0 Å². The van der Waals surface area contributed by atoms with Gasteiger partial charge < -0.3 is 15.2 Å². The van der Waals surface area contributed by atoms with E-state index in [0.717, 1.165) is 5.56 Å². The van der Waals surface area contributed by atoms with Gasteiger partial charge in [0.1, 0.15) is 0 Å². The van der Waals surface area contributed by atoms with Gasteiger partial charge in [0, 0.05) is 15.9 Å². The Morgan fingerprint density at radius 3 is 2.87 bits per heavy atom. The Labute approximate surface area is 93.9 Å². The van der Waals surface area contributed by atoms with Gasteiger partial charge in [-0.15, -0.1) is 0 Å². The lowest BCUT2D eigenvalue weighted by Gasteiger charge is -2.05. The van der Waals surface area contributed by atoms with E-state index in [1.54, 1.807) is 0 Å². The van der Waals surface area contributed by atoms with E-state index in [1.807, 2.05) is 30.3 Å². The Balaban J connectivity index is 2.09. The van der Waals surface area contributed by atoms with Crippen molar-refractivity contribution in [2.75, 3.05) is 26.3 Å². The van der Waals surface area contributed by atoms with Crippen LogP contribution >= 0.6 is 0 Å². The molecule has 0 amide bonds. The standard InChI is InChI=1S/C12H19NO2/c14-9-4-7-13-8-10-15-11-12-5-2-1-3-6-12/h1-3,5-6,13-14H,4,7-11H2/i7D2. The molecular weight excluding hydrogens is 190 g/mol. The van der Waals surface area contributed by atoms with Gasteiger partial charge in [-0.3, -0.25) is 0 Å². The van der Waals surface area contributed by atoms with Gasteiger partial charge in [-0.2, -0.15) is 0 Å². The van der Waals surface area contributed by atoms with Gasteiger partial charge in [0.2, 0.25) is 0 Å². The molecule has 0 saturated heterocycles. The molecule has 0 aliphatic rings. The molecule has 0 spiro atoms. The summed E-state index contributed by atoms with van der Waals surface area (Å²) >= 11 is 0. The second kappa shape index (κ2) is 8.41. The van der Waals surface area contributed by atoms with Crippen LogP contribution in [0.5, 0.6) is 0 Å². The number of hydrogen-bond donors (Lipinski definition) is 2. The molecule has 0 aliphatic carbocycles. The topological polar surface area (TPSA) is 41.5 Å². The Morgan fingerprint density at radius 2 is 2.13 bits per heavy atom. The number of ether oxygens (including phenoxy) is 1. The van der Waals surface area contributed by atoms with E-state index < -0.39 is 6.50 Å². The molecule has 0 heterocycles. The van der Waals surface area contributed by atoms with Gasteiger partial charge in [0.05, 0.1) is 13.2 Å². The summed E-state index contributed by atoms with van der Waals surface area (Å²) in [5, 5.41) is 11.3. The highest BCUT2D eigenvalue weighted by atomic mass is 16.5. The van der Waals surface area contributed by atoms with E-state index in [1.165, 1.54) is 0 Å². The Bertz CT molecular complexity index is 307. The molecule has 3 nitrogen and oxygen atoms in total. The second-order valence-electron chi connectivity index (χ2n) is 3.12. The van der Waals surface area contributed by atoms with Crippen LogP contribution in [0.4, 0.5) is 0 Å². The van der Waals surface area contributed by atoms with E-state index in [9.17, 15) is 0 Å². The SMILES string of the molecule is [2H]C([2H])(CCO)NCCOCc1ccccc1. The molecule has 0 fully saturated rings. The van der Waals surface area contributed by atoms with E-state index in [0.29, 0.717) is 19.8 Å². The van der Waals surface area contributed by atoms with Crippen molar-refractivity contribution in [3.05, 3.63) is 35.9 Å². The molecule has 0 atom stereocenters. The zero-order chi connectivity index (χ0) is 12.6. The molecule has 84 valence electrons. The number of hydrogen-bond acceptors (Lipinski definition) is 3. The van der Waals surface area contributed by atoms with Crippen molar-refractivity contribution in [3.63, 3.8) is 0 Å². The van der Waals surface area contributed by atoms with E-state index in [-0.39, 0.29) is 13.0 Å². The maximum atomic E-state index is 8.64. The van der Waals surface area contributed by atoms with Gasteiger partial charge in [0.25, 0.3) is 0 Å². The molecule has 1 aromatic rings. The highest BCUT2D eigenvalue weighted by Gasteiger charge is 1.91. The Morgan fingerprint density at radius 1 is 1.33 bits per heavy atom. The fourth-order valence-corrected chi connectivity index (χ4v) is 1.12. The monoisotopic (exact) mass is 211 g/mol. The molecule has 0 aliphatic heterocycles. The average molecular weight is 211 g/mol. The van der Waals surface area contributed by atoms with Gasteiger partial charge in [-0.1, -0.05) is 30.3 Å². The van der Waals surface area contributed by atoms with Gasteiger partial charge >= 0.3 is 0 Å². The number of nitrogens with one attached hydrogen (secondary N) is 1.